The van der Waals surface area contributed by atoms with Crippen LogP contribution in [0.1, 0.15) is 74.8 Å². The van der Waals surface area contributed by atoms with Gasteiger partial charge in [0.05, 0.1) is 11.6 Å². The maximum absolute atomic E-state index is 13.3. The molecule has 0 spiro atoms. The third-order valence-electron chi connectivity index (χ3n) is 7.07. The van der Waals surface area contributed by atoms with Crippen molar-refractivity contribution in [2.24, 2.45) is 11.7 Å². The molecule has 5 nitrogen and oxygen atoms in total. The first-order valence-electron chi connectivity index (χ1n) is 14.8. The minimum atomic E-state index is -4.68. The number of rotatable bonds is 12. The molecular weight excluding hydrogens is 549 g/mol. The summed E-state index contributed by atoms with van der Waals surface area (Å²) >= 11 is 0. The van der Waals surface area contributed by atoms with Crippen molar-refractivity contribution in [3.8, 4) is 0 Å². The van der Waals surface area contributed by atoms with E-state index in [1.54, 1.807) is 30.3 Å². The number of alkyl halides is 3. The highest BCUT2D eigenvalue weighted by Crippen LogP contribution is 2.32. The van der Waals surface area contributed by atoms with E-state index in [0.717, 1.165) is 23.2 Å². The van der Waals surface area contributed by atoms with E-state index in [4.69, 9.17) is 5.73 Å². The Morgan fingerprint density at radius 1 is 0.930 bits per heavy atom. The summed E-state index contributed by atoms with van der Waals surface area (Å²) in [6, 6.07) is 22.6. The molecule has 0 radical (unpaired) electrons. The zero-order chi connectivity index (χ0) is 31.6. The third kappa shape index (κ3) is 10.1. The van der Waals surface area contributed by atoms with Gasteiger partial charge in [0.25, 0.3) is 5.91 Å². The molecule has 4 rings (SSSR count). The maximum Gasteiger partial charge on any atom is 0.415 e. The fourth-order valence-corrected chi connectivity index (χ4v) is 4.47. The molecule has 0 saturated heterocycles. The SMILES string of the molecule is C=C(/C=C(\Nc1cccc(CN)c1)C(=O)Nc1cccc(C(NCC2CC2)c2cccc(C(C)C)c2)c1)C(F)(F)F.CC. The van der Waals surface area contributed by atoms with Crippen LogP contribution in [0.25, 0.3) is 0 Å². The first-order chi connectivity index (χ1) is 20.5. The summed E-state index contributed by atoms with van der Waals surface area (Å²) < 4.78 is 40.0. The van der Waals surface area contributed by atoms with E-state index in [1.165, 1.54) is 18.4 Å². The number of benzene rings is 3. The lowest BCUT2D eigenvalue weighted by Crippen LogP contribution is -2.25. The summed E-state index contributed by atoms with van der Waals surface area (Å²) in [5.74, 6) is 0.307. The predicted octanol–water partition coefficient (Wildman–Crippen LogP) is 8.44. The number of halogens is 3. The number of nitrogens with one attached hydrogen (secondary N) is 3. The molecule has 3 aromatic rings. The lowest BCUT2D eigenvalue weighted by atomic mass is 9.93. The van der Waals surface area contributed by atoms with Gasteiger partial charge in [-0.2, -0.15) is 13.2 Å². The molecule has 0 bridgehead atoms. The molecule has 3 aromatic carbocycles. The van der Waals surface area contributed by atoms with Gasteiger partial charge in [-0.15, -0.1) is 0 Å². The number of hydrogen-bond acceptors (Lipinski definition) is 4. The first-order valence-corrected chi connectivity index (χ1v) is 14.8. The topological polar surface area (TPSA) is 79.2 Å². The summed E-state index contributed by atoms with van der Waals surface area (Å²) in [5.41, 5.74) is 9.23. The normalized spacial score (nSPS) is 14.0. The number of anilines is 2. The number of allylic oxidation sites excluding steroid dienone is 2. The highest BCUT2D eigenvalue weighted by Gasteiger charge is 2.31. The van der Waals surface area contributed by atoms with Gasteiger partial charge in [-0.1, -0.05) is 82.8 Å². The standard InChI is InChI=1S/C33H37F3N4O.C2H6/c1-21(2)25-8-5-9-26(17-25)31(38-20-23-13-14-23)27-10-6-12-29(18-27)40-32(41)30(15-22(3)33(34,35)36)39-28-11-4-7-24(16-28)19-37;1-2/h4-12,15-18,21,23,31,38-39H,3,13-14,19-20,37H2,1-2H3,(H,40,41);1-2H3/b30-15-;. The number of amides is 1. The summed E-state index contributed by atoms with van der Waals surface area (Å²) in [6.07, 6.45) is -1.55. The van der Waals surface area contributed by atoms with Gasteiger partial charge in [0.2, 0.25) is 0 Å². The summed E-state index contributed by atoms with van der Waals surface area (Å²) in [6.45, 7) is 12.5. The molecule has 1 amide bonds. The van der Waals surface area contributed by atoms with E-state index in [-0.39, 0.29) is 18.3 Å². The monoisotopic (exact) mass is 592 g/mol. The minimum absolute atomic E-state index is 0.108. The van der Waals surface area contributed by atoms with Crippen LogP contribution in [0.2, 0.25) is 0 Å². The molecular formula is C35H43F3N4O. The van der Waals surface area contributed by atoms with Gasteiger partial charge in [0.1, 0.15) is 5.70 Å². The molecule has 0 heterocycles. The van der Waals surface area contributed by atoms with Crippen LogP contribution in [0, 0.1) is 5.92 Å². The zero-order valence-electron chi connectivity index (χ0n) is 25.4. The Kier molecular flexibility index (Phi) is 12.2. The molecule has 0 aliphatic heterocycles. The van der Waals surface area contributed by atoms with Crippen LogP contribution in [0.3, 0.4) is 0 Å². The molecule has 43 heavy (non-hydrogen) atoms. The van der Waals surface area contributed by atoms with Gasteiger partial charge in [-0.05, 0) is 83.8 Å². The lowest BCUT2D eigenvalue weighted by molar-refractivity contribution is -0.112. The second kappa shape index (κ2) is 15.5. The van der Waals surface area contributed by atoms with Crippen molar-refractivity contribution >= 4 is 17.3 Å². The van der Waals surface area contributed by atoms with Gasteiger partial charge in [0.15, 0.2) is 0 Å². The Labute approximate surface area is 253 Å². The fourth-order valence-electron chi connectivity index (χ4n) is 4.47. The Bertz CT molecular complexity index is 1410. The molecule has 1 saturated carbocycles. The molecule has 1 aliphatic rings. The van der Waals surface area contributed by atoms with Crippen LogP contribution in [0.5, 0.6) is 0 Å². The molecule has 1 aliphatic carbocycles. The average Bonchev–Trinajstić information content (AvgIpc) is 3.82. The molecule has 230 valence electrons. The van der Waals surface area contributed by atoms with E-state index in [9.17, 15) is 18.0 Å². The van der Waals surface area contributed by atoms with Gasteiger partial charge in [-0.3, -0.25) is 4.79 Å². The third-order valence-corrected chi connectivity index (χ3v) is 7.07. The van der Waals surface area contributed by atoms with Gasteiger partial charge < -0.3 is 21.7 Å². The van der Waals surface area contributed by atoms with Crippen LogP contribution < -0.4 is 21.7 Å². The van der Waals surface area contributed by atoms with Crippen LogP contribution in [0.15, 0.2) is 96.7 Å². The molecule has 1 atom stereocenters. The van der Waals surface area contributed by atoms with Crippen LogP contribution >= 0.6 is 0 Å². The number of hydrogen-bond donors (Lipinski definition) is 4. The van der Waals surface area contributed by atoms with Crippen molar-refractivity contribution in [3.05, 3.63) is 119 Å². The van der Waals surface area contributed by atoms with Gasteiger partial charge in [0, 0.05) is 17.9 Å². The number of nitrogens with two attached hydrogens (primary N) is 1. The Balaban J connectivity index is 0.00000248. The van der Waals surface area contributed by atoms with E-state index >= 15 is 0 Å². The highest BCUT2D eigenvalue weighted by atomic mass is 19.4. The average molecular weight is 593 g/mol. The minimum Gasteiger partial charge on any atom is -0.351 e. The van der Waals surface area contributed by atoms with E-state index in [1.807, 2.05) is 32.0 Å². The first kappa shape index (κ1) is 33.6. The van der Waals surface area contributed by atoms with Crippen molar-refractivity contribution in [3.63, 3.8) is 0 Å². The van der Waals surface area contributed by atoms with Gasteiger partial charge >= 0.3 is 6.18 Å². The Morgan fingerprint density at radius 2 is 1.51 bits per heavy atom. The highest BCUT2D eigenvalue weighted by molar-refractivity contribution is 6.06. The summed E-state index contributed by atoms with van der Waals surface area (Å²) in [4.78, 5) is 13.3. The Morgan fingerprint density at radius 3 is 2.12 bits per heavy atom. The molecule has 1 unspecified atom stereocenters. The van der Waals surface area contributed by atoms with Crippen molar-refractivity contribution < 1.29 is 18.0 Å². The van der Waals surface area contributed by atoms with E-state index in [0.29, 0.717) is 29.3 Å². The van der Waals surface area contributed by atoms with Crippen LogP contribution in [-0.4, -0.2) is 18.6 Å². The summed E-state index contributed by atoms with van der Waals surface area (Å²) in [5, 5.41) is 9.27. The molecule has 5 N–H and O–H groups in total. The largest absolute Gasteiger partial charge is 0.415 e. The quantitative estimate of drug-likeness (QED) is 0.126. The van der Waals surface area contributed by atoms with Crippen molar-refractivity contribution in [2.75, 3.05) is 17.2 Å². The number of carbonyl (C=O) groups excluding carboxylic acids is 1. The van der Waals surface area contributed by atoms with Crippen molar-refractivity contribution in [1.82, 2.24) is 5.32 Å². The van der Waals surface area contributed by atoms with Crippen molar-refractivity contribution in [1.29, 1.82) is 0 Å². The van der Waals surface area contributed by atoms with Gasteiger partial charge in [-0.25, -0.2) is 0 Å². The molecule has 0 aromatic heterocycles. The smallest absolute Gasteiger partial charge is 0.351 e. The van der Waals surface area contributed by atoms with Crippen LogP contribution in [0.4, 0.5) is 24.5 Å². The van der Waals surface area contributed by atoms with E-state index < -0.39 is 17.7 Å². The van der Waals surface area contributed by atoms with Crippen LogP contribution in [-0.2, 0) is 11.3 Å². The predicted molar refractivity (Wildman–Crippen MR) is 171 cm³/mol. The molecule has 8 heteroatoms. The number of carbonyl (C=O) groups is 1. The zero-order valence-corrected chi connectivity index (χ0v) is 25.4. The molecule has 1 fully saturated rings. The lowest BCUT2D eigenvalue weighted by Gasteiger charge is -2.22. The fraction of sp³-hybridized carbons (Fsp3) is 0.343. The van der Waals surface area contributed by atoms with E-state index in [2.05, 4.69) is 60.6 Å². The van der Waals surface area contributed by atoms with Crippen molar-refractivity contribution in [2.45, 2.75) is 65.2 Å². The second-order valence-electron chi connectivity index (χ2n) is 10.8. The maximum atomic E-state index is 13.3. The summed E-state index contributed by atoms with van der Waals surface area (Å²) in [7, 11) is 0. The second-order valence-corrected chi connectivity index (χ2v) is 10.8. The Hall–Kier alpha value is -3.88.